The van der Waals surface area contributed by atoms with Gasteiger partial charge >= 0.3 is 0 Å². The summed E-state index contributed by atoms with van der Waals surface area (Å²) < 4.78 is 0. The Morgan fingerprint density at radius 1 is 1.12 bits per heavy atom. The standard InChI is InChI=1S/C12H25N3.ClH/c1-2-14-6-8-15(9-7-14)12-5-3-4-11(13)10-12;/h11-12H,2-10,13H2,1H3;1H/t11-,12+;/m1./s1. The van der Waals surface area contributed by atoms with Crippen LogP contribution in [0.15, 0.2) is 0 Å². The molecule has 0 aromatic heterocycles. The van der Waals surface area contributed by atoms with E-state index in [4.69, 9.17) is 5.73 Å². The van der Waals surface area contributed by atoms with Crippen LogP contribution in [0.2, 0.25) is 0 Å². The Morgan fingerprint density at radius 3 is 2.38 bits per heavy atom. The van der Waals surface area contributed by atoms with Gasteiger partial charge in [-0.15, -0.1) is 12.4 Å². The van der Waals surface area contributed by atoms with Crippen LogP contribution in [0.1, 0.15) is 32.6 Å². The van der Waals surface area contributed by atoms with Gasteiger partial charge < -0.3 is 10.6 Å². The van der Waals surface area contributed by atoms with Crippen LogP contribution >= 0.6 is 12.4 Å². The number of hydrogen-bond donors (Lipinski definition) is 1. The fourth-order valence-electron chi connectivity index (χ4n) is 2.98. The lowest BCUT2D eigenvalue weighted by Crippen LogP contribution is -2.52. The predicted molar refractivity (Wildman–Crippen MR) is 71.2 cm³/mol. The summed E-state index contributed by atoms with van der Waals surface area (Å²) in [6, 6.07) is 1.25. The lowest BCUT2D eigenvalue weighted by Gasteiger charge is -2.41. The molecule has 0 spiro atoms. The number of piperazine rings is 1. The van der Waals surface area contributed by atoms with Crippen LogP contribution in [-0.2, 0) is 0 Å². The molecule has 4 heteroatoms. The van der Waals surface area contributed by atoms with E-state index in [1.54, 1.807) is 0 Å². The smallest absolute Gasteiger partial charge is 0.0113 e. The second-order valence-electron chi connectivity index (χ2n) is 5.05. The van der Waals surface area contributed by atoms with E-state index in [1.807, 2.05) is 0 Å². The molecule has 1 aliphatic heterocycles. The molecule has 2 N–H and O–H groups in total. The van der Waals surface area contributed by atoms with Gasteiger partial charge in [-0.05, 0) is 25.8 Å². The van der Waals surface area contributed by atoms with Crippen molar-refractivity contribution in [1.82, 2.24) is 9.80 Å². The van der Waals surface area contributed by atoms with Crippen molar-refractivity contribution < 1.29 is 0 Å². The zero-order chi connectivity index (χ0) is 10.7. The molecule has 0 amide bonds. The highest BCUT2D eigenvalue weighted by molar-refractivity contribution is 5.85. The van der Waals surface area contributed by atoms with Gasteiger partial charge in [0.1, 0.15) is 0 Å². The second-order valence-corrected chi connectivity index (χ2v) is 5.05. The molecule has 16 heavy (non-hydrogen) atoms. The van der Waals surface area contributed by atoms with Gasteiger partial charge in [-0.1, -0.05) is 13.3 Å². The van der Waals surface area contributed by atoms with Crippen LogP contribution in [-0.4, -0.2) is 54.6 Å². The van der Waals surface area contributed by atoms with E-state index in [2.05, 4.69) is 16.7 Å². The van der Waals surface area contributed by atoms with E-state index < -0.39 is 0 Å². The number of hydrogen-bond acceptors (Lipinski definition) is 3. The fraction of sp³-hybridized carbons (Fsp3) is 1.00. The van der Waals surface area contributed by atoms with Crippen molar-refractivity contribution in [3.05, 3.63) is 0 Å². The fourth-order valence-corrected chi connectivity index (χ4v) is 2.98. The molecule has 3 nitrogen and oxygen atoms in total. The molecule has 2 rings (SSSR count). The first-order valence-corrected chi connectivity index (χ1v) is 6.51. The Balaban J connectivity index is 0.00000128. The first kappa shape index (κ1) is 14.2. The van der Waals surface area contributed by atoms with Gasteiger partial charge in [0.25, 0.3) is 0 Å². The maximum absolute atomic E-state index is 6.05. The average Bonchev–Trinajstić information content (AvgIpc) is 2.29. The molecular formula is C12H26ClN3. The molecule has 2 atom stereocenters. The third-order valence-corrected chi connectivity index (χ3v) is 4.06. The van der Waals surface area contributed by atoms with Gasteiger partial charge in [-0.2, -0.15) is 0 Å². The van der Waals surface area contributed by atoms with E-state index in [1.165, 1.54) is 58.4 Å². The summed E-state index contributed by atoms with van der Waals surface area (Å²) >= 11 is 0. The minimum absolute atomic E-state index is 0. The van der Waals surface area contributed by atoms with Crippen molar-refractivity contribution in [1.29, 1.82) is 0 Å². The van der Waals surface area contributed by atoms with Gasteiger partial charge in [0.05, 0.1) is 0 Å². The highest BCUT2D eigenvalue weighted by Gasteiger charge is 2.27. The van der Waals surface area contributed by atoms with E-state index in [-0.39, 0.29) is 12.4 Å². The van der Waals surface area contributed by atoms with E-state index >= 15 is 0 Å². The van der Waals surface area contributed by atoms with Crippen LogP contribution in [0.25, 0.3) is 0 Å². The van der Waals surface area contributed by atoms with Gasteiger partial charge in [0.2, 0.25) is 0 Å². The number of rotatable bonds is 2. The van der Waals surface area contributed by atoms with E-state index in [0.717, 1.165) is 6.04 Å². The van der Waals surface area contributed by atoms with Crippen molar-refractivity contribution >= 4 is 12.4 Å². The molecule has 0 radical (unpaired) electrons. The summed E-state index contributed by atoms with van der Waals surface area (Å²) in [5.74, 6) is 0. The van der Waals surface area contributed by atoms with Crippen molar-refractivity contribution in [2.75, 3.05) is 32.7 Å². The first-order valence-electron chi connectivity index (χ1n) is 6.51. The first-order chi connectivity index (χ1) is 7.29. The molecule has 2 fully saturated rings. The Bertz CT molecular complexity index is 193. The Kier molecular flexibility index (Phi) is 6.05. The molecular weight excluding hydrogens is 222 g/mol. The molecule has 1 aliphatic carbocycles. The van der Waals surface area contributed by atoms with Gasteiger partial charge in [0.15, 0.2) is 0 Å². The molecule has 1 saturated heterocycles. The average molecular weight is 248 g/mol. The maximum Gasteiger partial charge on any atom is 0.0113 e. The van der Waals surface area contributed by atoms with Crippen LogP contribution in [0, 0.1) is 0 Å². The Morgan fingerprint density at radius 2 is 1.81 bits per heavy atom. The van der Waals surface area contributed by atoms with Gasteiger partial charge in [-0.25, -0.2) is 0 Å². The summed E-state index contributed by atoms with van der Waals surface area (Å²) in [5.41, 5.74) is 6.05. The SMILES string of the molecule is CCN1CCN([C@H]2CCC[C@@H](N)C2)CC1.Cl. The number of nitrogens with zero attached hydrogens (tertiary/aromatic N) is 2. The maximum atomic E-state index is 6.05. The summed E-state index contributed by atoms with van der Waals surface area (Å²) in [5, 5.41) is 0. The summed E-state index contributed by atoms with van der Waals surface area (Å²) in [6.45, 7) is 8.48. The molecule has 1 heterocycles. The third kappa shape index (κ3) is 3.59. The Labute approximate surface area is 106 Å². The third-order valence-electron chi connectivity index (χ3n) is 4.06. The molecule has 0 aromatic carbocycles. The van der Waals surface area contributed by atoms with Crippen molar-refractivity contribution in [2.24, 2.45) is 5.73 Å². The van der Waals surface area contributed by atoms with E-state index in [9.17, 15) is 0 Å². The predicted octanol–water partition coefficient (Wildman–Crippen LogP) is 1.32. The van der Waals surface area contributed by atoms with Crippen LogP contribution in [0.5, 0.6) is 0 Å². The Hall–Kier alpha value is 0.170. The lowest BCUT2D eigenvalue weighted by molar-refractivity contribution is 0.0778. The number of halogens is 1. The summed E-state index contributed by atoms with van der Waals surface area (Å²) in [4.78, 5) is 5.21. The monoisotopic (exact) mass is 247 g/mol. The normalized spacial score (nSPS) is 33.4. The van der Waals surface area contributed by atoms with Crippen LogP contribution < -0.4 is 5.73 Å². The van der Waals surface area contributed by atoms with Gasteiger partial charge in [-0.3, -0.25) is 4.90 Å². The molecule has 0 bridgehead atoms. The zero-order valence-electron chi connectivity index (χ0n) is 10.4. The molecule has 96 valence electrons. The quantitative estimate of drug-likeness (QED) is 0.799. The highest BCUT2D eigenvalue weighted by Crippen LogP contribution is 2.22. The van der Waals surface area contributed by atoms with Crippen molar-refractivity contribution in [2.45, 2.75) is 44.7 Å². The molecule has 1 saturated carbocycles. The van der Waals surface area contributed by atoms with Crippen molar-refractivity contribution in [3.8, 4) is 0 Å². The van der Waals surface area contributed by atoms with Crippen LogP contribution in [0.4, 0.5) is 0 Å². The van der Waals surface area contributed by atoms with E-state index in [0.29, 0.717) is 6.04 Å². The van der Waals surface area contributed by atoms with Crippen LogP contribution in [0.3, 0.4) is 0 Å². The molecule has 0 aromatic rings. The minimum atomic E-state index is 0. The number of nitrogens with two attached hydrogens (primary N) is 1. The summed E-state index contributed by atoms with van der Waals surface area (Å²) in [6.07, 6.45) is 5.18. The lowest BCUT2D eigenvalue weighted by atomic mass is 9.90. The molecule has 2 aliphatic rings. The topological polar surface area (TPSA) is 32.5 Å². The minimum Gasteiger partial charge on any atom is -0.328 e. The second kappa shape index (κ2) is 6.80. The van der Waals surface area contributed by atoms with Gasteiger partial charge in [0, 0.05) is 38.3 Å². The largest absolute Gasteiger partial charge is 0.328 e. The van der Waals surface area contributed by atoms with Crippen molar-refractivity contribution in [3.63, 3.8) is 0 Å². The summed E-state index contributed by atoms with van der Waals surface area (Å²) in [7, 11) is 0. The number of likely N-dealkylation sites (N-methyl/N-ethyl adjacent to an activating group) is 1. The molecule has 0 unspecified atom stereocenters. The highest BCUT2D eigenvalue weighted by atomic mass is 35.5. The zero-order valence-corrected chi connectivity index (χ0v) is 11.2.